The van der Waals surface area contributed by atoms with Gasteiger partial charge in [0.05, 0.1) is 6.61 Å². The third-order valence-electron chi connectivity index (χ3n) is 1.14. The van der Waals surface area contributed by atoms with E-state index in [1.807, 2.05) is 44.2 Å². The predicted octanol–water partition coefficient (Wildman–Crippen LogP) is 2.29. The number of hydrogen-bond acceptors (Lipinski definition) is 2. The Balaban J connectivity index is 0. The zero-order valence-corrected chi connectivity index (χ0v) is 10.8. The molecule has 69 valence electrons. The minimum Gasteiger partial charge on any atom is -0.650 e. The molecule has 0 aliphatic rings. The van der Waals surface area contributed by atoms with E-state index in [2.05, 4.69) is 4.74 Å². The van der Waals surface area contributed by atoms with Gasteiger partial charge in [-0.1, -0.05) is 50.7 Å². The monoisotopic (exact) mass is 254 g/mol. The van der Waals surface area contributed by atoms with Crippen molar-refractivity contribution in [3.8, 4) is 0 Å². The first-order valence-electron chi connectivity index (χ1n) is 3.96. The second kappa shape index (κ2) is 11.8. The van der Waals surface area contributed by atoms with Crippen molar-refractivity contribution in [2.24, 2.45) is 0 Å². The molecule has 1 aromatic rings. The molecule has 0 spiro atoms. The molecule has 0 aromatic heterocycles. The largest absolute Gasteiger partial charge is 0.650 e. The number of rotatable bonds is 3. The Bertz CT molecular complexity index is 199. The fraction of sp³-hybridized carbons (Fsp3) is 0.300. The van der Waals surface area contributed by atoms with Gasteiger partial charge in [-0.05, 0) is 5.56 Å². The van der Waals surface area contributed by atoms with Gasteiger partial charge in [-0.2, -0.15) is 0 Å². The van der Waals surface area contributed by atoms with Gasteiger partial charge in [0.2, 0.25) is 0 Å². The average Bonchev–Trinajstić information content (AvgIpc) is 2.19. The van der Waals surface area contributed by atoms with Crippen LogP contribution in [0.25, 0.3) is 0 Å². The molecule has 0 heterocycles. The molecule has 0 atom stereocenters. The average molecular weight is 254 g/mol. The van der Waals surface area contributed by atoms with E-state index in [9.17, 15) is 4.79 Å². The molecule has 1 aromatic carbocycles. The summed E-state index contributed by atoms with van der Waals surface area (Å²) in [5.41, 5.74) is 0.978. The topological polar surface area (TPSA) is 26.3 Å². The fourth-order valence-electron chi connectivity index (χ4n) is 0.687. The van der Waals surface area contributed by atoms with Crippen molar-refractivity contribution in [1.82, 2.24) is 0 Å². The van der Waals surface area contributed by atoms with Crippen molar-refractivity contribution in [3.05, 3.63) is 35.9 Å². The van der Waals surface area contributed by atoms with Crippen LogP contribution in [0.2, 0.25) is 0 Å². The third-order valence-corrected chi connectivity index (χ3v) is 1.14. The summed E-state index contributed by atoms with van der Waals surface area (Å²) in [6.45, 7) is 5.68. The van der Waals surface area contributed by atoms with E-state index in [0.717, 1.165) is 5.56 Å². The Morgan fingerprint density at radius 3 is 2.23 bits per heavy atom. The van der Waals surface area contributed by atoms with Gasteiger partial charge in [-0.25, -0.2) is 0 Å². The summed E-state index contributed by atoms with van der Waals surface area (Å²) in [5, 5.41) is 0. The maximum absolute atomic E-state index is 9.63. The summed E-state index contributed by atoms with van der Waals surface area (Å²) in [7, 11) is 0. The standard InChI is InChI=1S/C8H7O2.C2H6.Y/c9-7-10-6-8-4-2-1-3-5-8;1-2;/h1-5H,6H2;1-2H3;/q-1;;. The van der Waals surface area contributed by atoms with E-state index >= 15 is 0 Å². The van der Waals surface area contributed by atoms with Gasteiger partial charge in [-0.15, -0.1) is 0 Å². The maximum Gasteiger partial charge on any atom is 0.0745 e. The molecule has 0 aliphatic heterocycles. The first-order chi connectivity index (χ1) is 5.93. The smallest absolute Gasteiger partial charge is 0.0745 e. The van der Waals surface area contributed by atoms with Crippen molar-refractivity contribution in [2.45, 2.75) is 20.5 Å². The second-order valence-corrected chi connectivity index (χ2v) is 1.86. The van der Waals surface area contributed by atoms with Crippen LogP contribution in [-0.4, -0.2) is 6.47 Å². The van der Waals surface area contributed by atoms with Crippen molar-refractivity contribution < 1.29 is 42.2 Å². The first-order valence-corrected chi connectivity index (χ1v) is 3.96. The summed E-state index contributed by atoms with van der Waals surface area (Å²) in [5.74, 6) is 0. The van der Waals surface area contributed by atoms with Crippen LogP contribution in [0.1, 0.15) is 19.4 Å². The number of ether oxygens (including phenoxy) is 1. The van der Waals surface area contributed by atoms with E-state index in [-0.39, 0.29) is 32.7 Å². The molecule has 0 saturated carbocycles. The van der Waals surface area contributed by atoms with Gasteiger partial charge in [0.15, 0.2) is 0 Å². The van der Waals surface area contributed by atoms with Crippen LogP contribution in [0.15, 0.2) is 30.3 Å². The quantitative estimate of drug-likeness (QED) is 0.773. The van der Waals surface area contributed by atoms with E-state index in [1.54, 1.807) is 0 Å². The normalized spacial score (nSPS) is 7.23. The van der Waals surface area contributed by atoms with Crippen LogP contribution in [0.5, 0.6) is 0 Å². The minimum absolute atomic E-state index is 0. The van der Waals surface area contributed by atoms with E-state index < -0.39 is 0 Å². The molecule has 2 nitrogen and oxygen atoms in total. The van der Waals surface area contributed by atoms with Crippen molar-refractivity contribution in [3.63, 3.8) is 0 Å². The molecule has 1 rings (SSSR count). The Morgan fingerprint density at radius 2 is 1.77 bits per heavy atom. The molecule has 0 fully saturated rings. The molecular formula is C10H13O2Y-. The van der Waals surface area contributed by atoms with Gasteiger partial charge in [0.1, 0.15) is 0 Å². The Kier molecular flexibility index (Phi) is 13.9. The third kappa shape index (κ3) is 8.13. The summed E-state index contributed by atoms with van der Waals surface area (Å²) in [6.07, 6.45) is 0. The number of benzene rings is 1. The van der Waals surface area contributed by atoms with Gasteiger partial charge in [0.25, 0.3) is 0 Å². The Hall–Kier alpha value is -0.206. The molecule has 0 N–H and O–H groups in total. The van der Waals surface area contributed by atoms with Crippen molar-refractivity contribution >= 4 is 6.47 Å². The van der Waals surface area contributed by atoms with Gasteiger partial charge in [-0.3, -0.25) is 0 Å². The van der Waals surface area contributed by atoms with Crippen LogP contribution in [0, 0.1) is 0 Å². The van der Waals surface area contributed by atoms with Gasteiger partial charge in [0, 0.05) is 32.7 Å². The molecule has 0 aliphatic carbocycles. The maximum atomic E-state index is 9.63. The summed E-state index contributed by atoms with van der Waals surface area (Å²) < 4.78 is 4.41. The van der Waals surface area contributed by atoms with Crippen LogP contribution in [0.4, 0.5) is 0 Å². The number of carbonyl (C=O) groups excluding carboxylic acids is 1. The molecule has 13 heavy (non-hydrogen) atoms. The molecule has 0 amide bonds. The Labute approximate surface area is 105 Å². The van der Waals surface area contributed by atoms with Crippen LogP contribution >= 0.6 is 0 Å². The van der Waals surface area contributed by atoms with E-state index in [0.29, 0.717) is 6.61 Å². The molecule has 3 heteroatoms. The predicted molar refractivity (Wildman–Crippen MR) is 48.3 cm³/mol. The molecule has 0 unspecified atom stereocenters. The van der Waals surface area contributed by atoms with Crippen LogP contribution < -0.4 is 0 Å². The summed E-state index contributed by atoms with van der Waals surface area (Å²) in [4.78, 5) is 9.63. The van der Waals surface area contributed by atoms with Crippen molar-refractivity contribution in [2.75, 3.05) is 0 Å². The fourth-order valence-corrected chi connectivity index (χ4v) is 0.687. The molecule has 0 bridgehead atoms. The minimum atomic E-state index is 0. The van der Waals surface area contributed by atoms with Crippen molar-refractivity contribution in [1.29, 1.82) is 0 Å². The molecule has 1 radical (unpaired) electrons. The first kappa shape index (κ1) is 15.3. The number of hydrogen-bond donors (Lipinski definition) is 0. The van der Waals surface area contributed by atoms with E-state index in [4.69, 9.17) is 0 Å². The SMILES string of the molecule is CC.O=[C-]OCc1ccccc1.[Y]. The summed E-state index contributed by atoms with van der Waals surface area (Å²) >= 11 is 0. The Morgan fingerprint density at radius 1 is 1.23 bits per heavy atom. The molecule has 0 saturated heterocycles. The molecular weight excluding hydrogens is 241 g/mol. The van der Waals surface area contributed by atoms with E-state index in [1.165, 1.54) is 6.47 Å². The van der Waals surface area contributed by atoms with Crippen LogP contribution in [-0.2, 0) is 48.8 Å². The zero-order chi connectivity index (χ0) is 9.23. The van der Waals surface area contributed by atoms with Gasteiger partial charge < -0.3 is 9.53 Å². The second-order valence-electron chi connectivity index (χ2n) is 1.86. The van der Waals surface area contributed by atoms with Gasteiger partial charge >= 0.3 is 0 Å². The zero-order valence-electron chi connectivity index (χ0n) is 7.99. The summed E-state index contributed by atoms with van der Waals surface area (Å²) in [6, 6.07) is 9.47. The van der Waals surface area contributed by atoms with Crippen LogP contribution in [0.3, 0.4) is 0 Å².